The fraction of sp³-hybridized carbons (Fsp3) is 0.250. The molecule has 0 atom stereocenters. The average Bonchev–Trinajstić information content (AvgIpc) is 2.17. The number of pyridine rings is 1. The number of anilines is 1. The van der Waals surface area contributed by atoms with Crippen molar-refractivity contribution in [3.63, 3.8) is 0 Å². The Hall–Kier alpha value is -1.57. The molecule has 0 bridgehead atoms. The number of hydrogen-bond donors (Lipinski definition) is 0. The summed E-state index contributed by atoms with van der Waals surface area (Å²) in [5, 5.41) is 1.28. The van der Waals surface area contributed by atoms with E-state index in [1.807, 2.05) is 6.07 Å². The van der Waals surface area contributed by atoms with Crippen LogP contribution in [-0.2, 0) is 0 Å². The molecular weight excluding hydrogens is 172 g/mol. The summed E-state index contributed by atoms with van der Waals surface area (Å²) < 4.78 is 0. The quantitative estimate of drug-likeness (QED) is 0.667. The van der Waals surface area contributed by atoms with E-state index in [2.05, 4.69) is 55.3 Å². The monoisotopic (exact) mass is 187 g/mol. The Labute approximate surface area is 84.2 Å². The minimum atomic E-state index is 1.18. The topological polar surface area (TPSA) is 17.4 Å². The maximum atomic E-state index is 3.29. The zero-order valence-corrected chi connectivity index (χ0v) is 8.83. The predicted molar refractivity (Wildman–Crippen MR) is 59.6 cm³/mol. The maximum Gasteiger partial charge on any atom is 0.212 e. The number of benzene rings is 1. The van der Waals surface area contributed by atoms with Crippen molar-refractivity contribution in [3.8, 4) is 0 Å². The van der Waals surface area contributed by atoms with Crippen molar-refractivity contribution in [1.82, 2.24) is 0 Å². The first kappa shape index (κ1) is 9.00. The highest BCUT2D eigenvalue weighted by atomic mass is 15.1. The van der Waals surface area contributed by atoms with Gasteiger partial charge in [0.1, 0.15) is 0 Å². The second kappa shape index (κ2) is 3.29. The molecular formula is C12H15N2+. The number of para-hydroxylation sites is 1. The summed E-state index contributed by atoms with van der Waals surface area (Å²) in [7, 11) is 4.16. The highest BCUT2D eigenvalue weighted by Gasteiger charge is 2.10. The summed E-state index contributed by atoms with van der Waals surface area (Å²) >= 11 is 0. The minimum Gasteiger partial charge on any atom is -0.377 e. The van der Waals surface area contributed by atoms with Gasteiger partial charge in [-0.2, -0.15) is 0 Å². The fourth-order valence-corrected chi connectivity index (χ4v) is 1.88. The van der Waals surface area contributed by atoms with Gasteiger partial charge in [0, 0.05) is 25.7 Å². The van der Waals surface area contributed by atoms with Crippen LogP contribution in [0.2, 0.25) is 0 Å². The molecule has 2 heteroatoms. The molecule has 2 rings (SSSR count). The number of aromatic amines is 1. The van der Waals surface area contributed by atoms with Crippen LogP contribution in [0, 0.1) is 6.92 Å². The third kappa shape index (κ3) is 1.33. The molecule has 0 spiro atoms. The van der Waals surface area contributed by atoms with E-state index in [0.717, 1.165) is 0 Å². The Balaban J connectivity index is 2.83. The Morgan fingerprint density at radius 3 is 2.57 bits per heavy atom. The Morgan fingerprint density at radius 2 is 1.86 bits per heavy atom. The van der Waals surface area contributed by atoms with E-state index in [0.29, 0.717) is 0 Å². The third-order valence-corrected chi connectivity index (χ3v) is 2.45. The first-order valence-corrected chi connectivity index (χ1v) is 4.77. The van der Waals surface area contributed by atoms with E-state index in [4.69, 9.17) is 0 Å². The molecule has 2 aromatic rings. The largest absolute Gasteiger partial charge is 0.377 e. The smallest absolute Gasteiger partial charge is 0.212 e. The number of hydrogen-bond acceptors (Lipinski definition) is 1. The number of H-pyrrole nitrogens is 1. The van der Waals surface area contributed by atoms with Gasteiger partial charge in [0.15, 0.2) is 6.20 Å². The average molecular weight is 187 g/mol. The van der Waals surface area contributed by atoms with E-state index < -0.39 is 0 Å². The van der Waals surface area contributed by atoms with Gasteiger partial charge in [-0.3, -0.25) is 0 Å². The standard InChI is InChI=1S/C12H14N2/c1-9-8-13-11-7-5-4-6-10(11)12(9)14(2)3/h4-8H,1-3H3/p+1. The highest BCUT2D eigenvalue weighted by molar-refractivity contribution is 5.90. The van der Waals surface area contributed by atoms with Gasteiger partial charge in [0.2, 0.25) is 5.52 Å². The lowest BCUT2D eigenvalue weighted by atomic mass is 10.1. The molecule has 1 aromatic carbocycles. The summed E-state index contributed by atoms with van der Waals surface area (Å²) in [4.78, 5) is 5.45. The van der Waals surface area contributed by atoms with E-state index >= 15 is 0 Å². The van der Waals surface area contributed by atoms with E-state index in [-0.39, 0.29) is 0 Å². The van der Waals surface area contributed by atoms with Crippen molar-refractivity contribution in [2.24, 2.45) is 0 Å². The molecule has 1 heterocycles. The molecule has 1 N–H and O–H groups in total. The van der Waals surface area contributed by atoms with Gasteiger partial charge in [-0.25, -0.2) is 4.98 Å². The van der Waals surface area contributed by atoms with Crippen LogP contribution in [0.25, 0.3) is 10.9 Å². The molecule has 0 aliphatic carbocycles. The summed E-state index contributed by atoms with van der Waals surface area (Å²) in [6.45, 7) is 2.12. The van der Waals surface area contributed by atoms with Gasteiger partial charge in [0.25, 0.3) is 0 Å². The van der Waals surface area contributed by atoms with Crippen molar-refractivity contribution in [1.29, 1.82) is 0 Å². The van der Waals surface area contributed by atoms with Crippen molar-refractivity contribution in [2.45, 2.75) is 6.92 Å². The summed E-state index contributed by atoms with van der Waals surface area (Å²) in [5.74, 6) is 0. The third-order valence-electron chi connectivity index (χ3n) is 2.45. The van der Waals surface area contributed by atoms with Crippen LogP contribution in [0.3, 0.4) is 0 Å². The number of aryl methyl sites for hydroxylation is 1. The van der Waals surface area contributed by atoms with Crippen LogP contribution in [0.5, 0.6) is 0 Å². The molecule has 0 aliphatic heterocycles. The molecule has 1 aromatic heterocycles. The lowest BCUT2D eigenvalue weighted by molar-refractivity contribution is -0.345. The zero-order valence-electron chi connectivity index (χ0n) is 8.83. The summed E-state index contributed by atoms with van der Waals surface area (Å²) in [6.07, 6.45) is 2.05. The first-order chi connectivity index (χ1) is 6.70. The second-order valence-corrected chi connectivity index (χ2v) is 3.76. The minimum absolute atomic E-state index is 1.18. The lowest BCUT2D eigenvalue weighted by Gasteiger charge is -2.15. The Bertz CT molecular complexity index is 461. The normalized spacial score (nSPS) is 10.5. The Kier molecular flexibility index (Phi) is 2.12. The van der Waals surface area contributed by atoms with E-state index in [1.165, 1.54) is 22.2 Å². The molecule has 14 heavy (non-hydrogen) atoms. The molecule has 0 saturated carbocycles. The number of rotatable bonds is 1. The number of nitrogens with zero attached hydrogens (tertiary/aromatic N) is 1. The first-order valence-electron chi connectivity index (χ1n) is 4.77. The van der Waals surface area contributed by atoms with Gasteiger partial charge < -0.3 is 4.90 Å². The van der Waals surface area contributed by atoms with Crippen molar-refractivity contribution >= 4 is 16.6 Å². The van der Waals surface area contributed by atoms with Crippen molar-refractivity contribution < 1.29 is 4.98 Å². The maximum absolute atomic E-state index is 3.29. The molecule has 0 amide bonds. The molecule has 0 unspecified atom stereocenters. The Morgan fingerprint density at radius 1 is 1.14 bits per heavy atom. The van der Waals surface area contributed by atoms with Gasteiger partial charge in [0.05, 0.1) is 11.1 Å². The number of aromatic nitrogens is 1. The molecule has 0 aliphatic rings. The van der Waals surface area contributed by atoms with Crippen LogP contribution in [-0.4, -0.2) is 14.1 Å². The van der Waals surface area contributed by atoms with Gasteiger partial charge >= 0.3 is 0 Å². The van der Waals surface area contributed by atoms with E-state index in [9.17, 15) is 0 Å². The summed E-state index contributed by atoms with van der Waals surface area (Å²) in [5.41, 5.74) is 3.75. The van der Waals surface area contributed by atoms with Crippen molar-refractivity contribution in [2.75, 3.05) is 19.0 Å². The molecule has 2 nitrogen and oxygen atoms in total. The zero-order chi connectivity index (χ0) is 10.1. The van der Waals surface area contributed by atoms with Crippen LogP contribution in [0.1, 0.15) is 5.56 Å². The highest BCUT2D eigenvalue weighted by Crippen LogP contribution is 2.25. The van der Waals surface area contributed by atoms with Crippen LogP contribution >= 0.6 is 0 Å². The molecule has 0 fully saturated rings. The van der Waals surface area contributed by atoms with Crippen molar-refractivity contribution in [3.05, 3.63) is 36.0 Å². The fourth-order valence-electron chi connectivity index (χ4n) is 1.88. The number of nitrogens with one attached hydrogen (secondary N) is 1. The van der Waals surface area contributed by atoms with Gasteiger partial charge in [-0.05, 0) is 13.0 Å². The van der Waals surface area contributed by atoms with E-state index in [1.54, 1.807) is 0 Å². The SMILES string of the molecule is Cc1c[nH+]c2ccccc2c1N(C)C. The lowest BCUT2D eigenvalue weighted by Crippen LogP contribution is -2.14. The summed E-state index contributed by atoms with van der Waals surface area (Å²) in [6, 6.07) is 8.37. The van der Waals surface area contributed by atoms with Gasteiger partial charge in [-0.1, -0.05) is 12.1 Å². The molecule has 0 saturated heterocycles. The second-order valence-electron chi connectivity index (χ2n) is 3.76. The predicted octanol–water partition coefficient (Wildman–Crippen LogP) is 2.03. The van der Waals surface area contributed by atoms with Crippen LogP contribution in [0.15, 0.2) is 30.5 Å². The van der Waals surface area contributed by atoms with Crippen LogP contribution in [0.4, 0.5) is 5.69 Å². The molecule has 72 valence electrons. The molecule has 0 radical (unpaired) electrons. The van der Waals surface area contributed by atoms with Gasteiger partial charge in [-0.15, -0.1) is 0 Å². The number of fused-ring (bicyclic) bond motifs is 1. The van der Waals surface area contributed by atoms with Crippen LogP contribution < -0.4 is 9.88 Å².